The minimum Gasteiger partial charge on any atom is -0.324 e. The van der Waals surface area contributed by atoms with Crippen molar-refractivity contribution < 1.29 is 0 Å². The van der Waals surface area contributed by atoms with Crippen LogP contribution >= 0.6 is 0 Å². The molecule has 190 valence electrons. The van der Waals surface area contributed by atoms with Gasteiger partial charge in [-0.05, 0) is 0 Å². The van der Waals surface area contributed by atoms with Gasteiger partial charge in [-0.1, -0.05) is 97.1 Å². The Bertz CT molecular complexity index is 2040. The molecule has 9 rings (SSSR count). The molecule has 2 N–H and O–H groups in total. The van der Waals surface area contributed by atoms with E-state index in [4.69, 9.17) is 29.9 Å². The van der Waals surface area contributed by atoms with Gasteiger partial charge in [-0.25, -0.2) is 29.9 Å². The Labute approximate surface area is 324 Å². The maximum atomic E-state index is 5.02. The fourth-order valence-electron chi connectivity index (χ4n) is 5.59. The summed E-state index contributed by atoms with van der Waals surface area (Å²) in [5.74, 6) is 2.39. The smallest absolute Gasteiger partial charge is 0.164 e. The first-order chi connectivity index (χ1) is 19.8. The monoisotopic (exact) mass is 594 g/mol. The van der Waals surface area contributed by atoms with Gasteiger partial charge in [0.25, 0.3) is 0 Å². The Morgan fingerprint density at radius 3 is 0.810 bits per heavy atom. The molecular weight excluding hydrogens is 575 g/mol. The quantitative estimate of drug-likeness (QED) is 0.222. The molecule has 10 heteroatoms. The van der Waals surface area contributed by atoms with Gasteiger partial charge >= 0.3 is 103 Å². The summed E-state index contributed by atoms with van der Waals surface area (Å²) in [5, 5.41) is 3.82. The van der Waals surface area contributed by atoms with E-state index in [0.717, 1.165) is 43.8 Å². The van der Waals surface area contributed by atoms with E-state index in [0.29, 0.717) is 45.9 Å². The third-order valence-electron chi connectivity index (χ3n) is 7.46. The zero-order chi connectivity index (χ0) is 26.2. The molecule has 0 saturated heterocycles. The molecule has 4 aromatic carbocycles. The van der Waals surface area contributed by atoms with Crippen molar-refractivity contribution in [3.63, 3.8) is 0 Å². The van der Waals surface area contributed by atoms with Crippen LogP contribution in [0.25, 0.3) is 89.7 Å². The second-order valence-electron chi connectivity index (χ2n) is 9.79. The van der Waals surface area contributed by atoms with Crippen molar-refractivity contribution in [3.8, 4) is 45.6 Å². The number of H-pyrrole nitrogens is 2. The van der Waals surface area contributed by atoms with E-state index in [1.807, 2.05) is 97.1 Å². The minimum absolute atomic E-state index is 0. The number of rotatable bonds is 0. The summed E-state index contributed by atoms with van der Waals surface area (Å²) < 4.78 is 0. The van der Waals surface area contributed by atoms with E-state index in [9.17, 15) is 0 Å². The Balaban J connectivity index is 0.00000144. The Kier molecular flexibility index (Phi) is 7.56. The molecule has 2 aliphatic rings. The third kappa shape index (κ3) is 4.49. The van der Waals surface area contributed by atoms with Crippen LogP contribution in [0.15, 0.2) is 97.1 Å². The summed E-state index contributed by atoms with van der Waals surface area (Å²) in [7, 11) is 0. The first-order valence-electron chi connectivity index (χ1n) is 13.0. The molecule has 0 amide bonds. The van der Waals surface area contributed by atoms with Crippen molar-refractivity contribution in [2.24, 2.45) is 0 Å². The van der Waals surface area contributed by atoms with Crippen molar-refractivity contribution in [1.29, 1.82) is 0 Å². The molecule has 0 spiro atoms. The maximum absolute atomic E-state index is 5.02. The number of hydrogen-bond acceptors (Lipinski definition) is 6. The second-order valence-corrected chi connectivity index (χ2v) is 9.79. The second kappa shape index (κ2) is 11.2. The molecule has 0 saturated carbocycles. The zero-order valence-corrected chi connectivity index (χ0v) is 20.9. The van der Waals surface area contributed by atoms with Gasteiger partial charge in [0.15, 0.2) is 23.3 Å². The molecule has 5 heterocycles. The van der Waals surface area contributed by atoms with E-state index < -0.39 is 0 Å². The molecule has 0 atom stereocenters. The Hall–Kier alpha value is -2.49. The van der Waals surface area contributed by atoms with E-state index in [1.165, 1.54) is 0 Å². The molecule has 3 aromatic heterocycles. The largest absolute Gasteiger partial charge is 0.324 e. The first kappa shape index (κ1) is 28.3. The summed E-state index contributed by atoms with van der Waals surface area (Å²) in [4.78, 5) is 36.8. The maximum Gasteiger partial charge on any atom is 0.164 e. The average molecular weight is 595 g/mol. The molecule has 2 aliphatic heterocycles. The Morgan fingerprint density at radius 1 is 0.310 bits per heavy atom. The van der Waals surface area contributed by atoms with Crippen LogP contribution in [-0.4, -0.2) is 143 Å². The van der Waals surface area contributed by atoms with Crippen molar-refractivity contribution in [1.82, 2.24) is 39.9 Å². The fraction of sp³-hybridized carbons (Fsp3) is 0. The van der Waals surface area contributed by atoms with Crippen molar-refractivity contribution in [2.45, 2.75) is 0 Å². The minimum atomic E-state index is 0. The molecule has 0 radical (unpaired) electrons. The van der Waals surface area contributed by atoms with E-state index in [-0.39, 0.29) is 103 Å². The summed E-state index contributed by atoms with van der Waals surface area (Å²) in [6, 6.07) is 32.2. The molecule has 0 aliphatic carbocycles. The third-order valence-corrected chi connectivity index (χ3v) is 7.46. The van der Waals surface area contributed by atoms with Gasteiger partial charge in [0.2, 0.25) is 0 Å². The standard InChI is InChI=1S/C32H18N8.2K.2H/c1-2-10-18-17(9-1)25-33-26(18)38-28-21-13-5-6-14-22(21)30(35-28)40-32-24-16-8-7-15-23(24)31(36-32)39-29-20-12-4-3-11-19(20)27(34-29)37-25;;;;/h1-16H,(H2,33,34,35,36,37,38,39,40);;;;. The summed E-state index contributed by atoms with van der Waals surface area (Å²) in [5.41, 5.74) is 6.45. The van der Waals surface area contributed by atoms with Crippen LogP contribution < -0.4 is 0 Å². The van der Waals surface area contributed by atoms with Gasteiger partial charge in [0.05, 0.1) is 0 Å². The van der Waals surface area contributed by atoms with Crippen LogP contribution in [0.5, 0.6) is 0 Å². The molecule has 8 nitrogen and oxygen atoms in total. The van der Waals surface area contributed by atoms with Crippen molar-refractivity contribution in [3.05, 3.63) is 97.1 Å². The first-order valence-corrected chi connectivity index (χ1v) is 13.0. The van der Waals surface area contributed by atoms with Gasteiger partial charge in [-0.2, -0.15) is 0 Å². The molecular formula is C32H20K2N8. The average Bonchev–Trinajstić information content (AvgIpc) is 3.73. The van der Waals surface area contributed by atoms with E-state index >= 15 is 0 Å². The SMILES string of the molecule is [KH].[KH].c1ccc2c(c1)-c1nc-2nc2[nH]c(nc3nc(nc4[nH]c(n1)c1ccccc41)-c1ccccc1-3)c1ccccc21. The Morgan fingerprint density at radius 2 is 0.548 bits per heavy atom. The number of fused-ring (bicyclic) bond motifs is 20. The number of hydrogen-bond donors (Lipinski definition) is 2. The topological polar surface area (TPSA) is 109 Å². The van der Waals surface area contributed by atoms with E-state index in [1.54, 1.807) is 0 Å². The summed E-state index contributed by atoms with van der Waals surface area (Å²) in [6.07, 6.45) is 0. The predicted molar refractivity (Wildman–Crippen MR) is 170 cm³/mol. The van der Waals surface area contributed by atoms with Crippen molar-refractivity contribution >= 4 is 147 Å². The van der Waals surface area contributed by atoms with Crippen LogP contribution in [0.1, 0.15) is 0 Å². The molecule has 7 aromatic rings. The fourth-order valence-corrected chi connectivity index (χ4v) is 5.59. The van der Waals surface area contributed by atoms with Gasteiger partial charge in [0, 0.05) is 43.8 Å². The van der Waals surface area contributed by atoms with Gasteiger partial charge in [0.1, 0.15) is 22.6 Å². The van der Waals surface area contributed by atoms with Crippen LogP contribution in [0, 0.1) is 0 Å². The normalized spacial score (nSPS) is 11.4. The van der Waals surface area contributed by atoms with Crippen LogP contribution in [-0.2, 0) is 0 Å². The number of aromatic amines is 2. The number of benzene rings is 4. The molecule has 0 unspecified atom stereocenters. The zero-order valence-electron chi connectivity index (χ0n) is 20.9. The molecule has 42 heavy (non-hydrogen) atoms. The summed E-state index contributed by atoms with van der Waals surface area (Å²) >= 11 is 0. The molecule has 0 fully saturated rings. The number of nitrogens with one attached hydrogen (secondary N) is 2. The van der Waals surface area contributed by atoms with Crippen LogP contribution in [0.2, 0.25) is 0 Å². The van der Waals surface area contributed by atoms with Gasteiger partial charge in [-0.15, -0.1) is 0 Å². The molecule has 8 bridgehead atoms. The van der Waals surface area contributed by atoms with Gasteiger partial charge < -0.3 is 9.97 Å². The van der Waals surface area contributed by atoms with Crippen LogP contribution in [0.4, 0.5) is 0 Å². The predicted octanol–water partition coefficient (Wildman–Crippen LogP) is 5.57. The number of aromatic nitrogens is 8. The summed E-state index contributed by atoms with van der Waals surface area (Å²) in [6.45, 7) is 0. The van der Waals surface area contributed by atoms with Crippen LogP contribution in [0.3, 0.4) is 0 Å². The van der Waals surface area contributed by atoms with Gasteiger partial charge in [-0.3, -0.25) is 0 Å². The number of nitrogens with zero attached hydrogens (tertiary/aromatic N) is 6. The van der Waals surface area contributed by atoms with E-state index in [2.05, 4.69) is 9.97 Å². The van der Waals surface area contributed by atoms with Crippen molar-refractivity contribution in [2.75, 3.05) is 0 Å².